The molecule has 1 atom stereocenters. The molecule has 0 aliphatic rings. The van der Waals surface area contributed by atoms with Crippen molar-refractivity contribution < 1.29 is 5.11 Å². The summed E-state index contributed by atoms with van der Waals surface area (Å²) in [5, 5.41) is 9.77. The Balaban J connectivity index is 3.33. The molecule has 0 amide bonds. The normalized spacial score (nSPS) is 12.9. The molecule has 0 saturated carbocycles. The minimum absolute atomic E-state index is 0.123. The quantitative estimate of drug-likeness (QED) is 0.682. The van der Waals surface area contributed by atoms with Gasteiger partial charge in [0.2, 0.25) is 0 Å². The second kappa shape index (κ2) is 4.94. The molecule has 0 aliphatic carbocycles. The van der Waals surface area contributed by atoms with Gasteiger partial charge in [-0.05, 0) is 53.9 Å². The zero-order valence-electron chi connectivity index (χ0n) is 7.10. The Kier molecular flexibility index (Phi) is 4.39. The highest BCUT2D eigenvalue weighted by Gasteiger charge is 2.16. The lowest BCUT2D eigenvalue weighted by Crippen LogP contribution is -2.20. The molecule has 1 rings (SSSR count). The zero-order chi connectivity index (χ0) is 10.9. The molecule has 0 radical (unpaired) electrons. The van der Waals surface area contributed by atoms with Crippen molar-refractivity contribution in [1.82, 2.24) is 0 Å². The lowest BCUT2D eigenvalue weighted by molar-refractivity contribution is 0.458. The van der Waals surface area contributed by atoms with E-state index in [4.69, 9.17) is 11.5 Å². The molecule has 0 spiro atoms. The highest BCUT2D eigenvalue weighted by atomic mass is 79.9. The molecule has 1 aromatic carbocycles. The van der Waals surface area contributed by atoms with Gasteiger partial charge in [-0.25, -0.2) is 0 Å². The van der Waals surface area contributed by atoms with E-state index in [2.05, 4.69) is 47.8 Å². The molecule has 0 aromatic heterocycles. The SMILES string of the molecule is NCC(N)c1cc(Br)c(Br)c(Br)c1O. The summed E-state index contributed by atoms with van der Waals surface area (Å²) >= 11 is 9.91. The Morgan fingerprint density at radius 1 is 1.29 bits per heavy atom. The number of rotatable bonds is 2. The number of benzene rings is 1. The number of phenols is 1. The predicted molar refractivity (Wildman–Crippen MR) is 67.2 cm³/mol. The molecule has 78 valence electrons. The number of nitrogens with two attached hydrogens (primary N) is 2. The molecular formula is C8H9Br3N2O. The lowest BCUT2D eigenvalue weighted by Gasteiger charge is -2.14. The maximum atomic E-state index is 9.77. The molecule has 1 unspecified atom stereocenters. The van der Waals surface area contributed by atoms with E-state index in [1.54, 1.807) is 6.07 Å². The summed E-state index contributed by atoms with van der Waals surface area (Å²) in [6.45, 7) is 0.286. The van der Waals surface area contributed by atoms with E-state index >= 15 is 0 Å². The number of aromatic hydroxyl groups is 1. The molecule has 14 heavy (non-hydrogen) atoms. The Bertz CT molecular complexity index is 357. The van der Waals surface area contributed by atoms with Crippen molar-refractivity contribution >= 4 is 47.8 Å². The molecule has 0 bridgehead atoms. The fourth-order valence-electron chi connectivity index (χ4n) is 1.01. The van der Waals surface area contributed by atoms with E-state index in [-0.39, 0.29) is 18.3 Å². The van der Waals surface area contributed by atoms with E-state index in [1.807, 2.05) is 0 Å². The Labute approximate surface area is 107 Å². The molecule has 6 heteroatoms. The van der Waals surface area contributed by atoms with Crippen LogP contribution in [0.15, 0.2) is 19.5 Å². The largest absolute Gasteiger partial charge is 0.506 e. The van der Waals surface area contributed by atoms with Crippen molar-refractivity contribution in [3.63, 3.8) is 0 Å². The van der Waals surface area contributed by atoms with Gasteiger partial charge in [-0.1, -0.05) is 0 Å². The fraction of sp³-hybridized carbons (Fsp3) is 0.250. The fourth-order valence-corrected chi connectivity index (χ4v) is 2.47. The van der Waals surface area contributed by atoms with Crippen LogP contribution in [0.3, 0.4) is 0 Å². The van der Waals surface area contributed by atoms with Gasteiger partial charge in [-0.15, -0.1) is 0 Å². The third-order valence-electron chi connectivity index (χ3n) is 1.82. The number of hydrogen-bond acceptors (Lipinski definition) is 3. The first-order valence-corrected chi connectivity index (χ1v) is 6.19. The number of halogens is 3. The second-order valence-corrected chi connectivity index (χ2v) is 5.21. The highest BCUT2D eigenvalue weighted by Crippen LogP contribution is 2.41. The molecule has 1 aromatic rings. The minimum atomic E-state index is -0.365. The topological polar surface area (TPSA) is 72.3 Å². The summed E-state index contributed by atoms with van der Waals surface area (Å²) in [6.07, 6.45) is 0. The summed E-state index contributed by atoms with van der Waals surface area (Å²) in [5.41, 5.74) is 11.8. The lowest BCUT2D eigenvalue weighted by atomic mass is 10.1. The van der Waals surface area contributed by atoms with Gasteiger partial charge in [0.15, 0.2) is 0 Å². The van der Waals surface area contributed by atoms with Gasteiger partial charge < -0.3 is 16.6 Å². The zero-order valence-corrected chi connectivity index (χ0v) is 11.9. The van der Waals surface area contributed by atoms with Crippen molar-refractivity contribution in [3.05, 3.63) is 25.0 Å². The summed E-state index contributed by atoms with van der Waals surface area (Å²) in [4.78, 5) is 0. The first-order chi connectivity index (χ1) is 6.49. The van der Waals surface area contributed by atoms with Gasteiger partial charge in [0, 0.05) is 27.1 Å². The first-order valence-electron chi connectivity index (χ1n) is 3.81. The monoisotopic (exact) mass is 386 g/mol. The van der Waals surface area contributed by atoms with Gasteiger partial charge in [0.25, 0.3) is 0 Å². The standard InChI is InChI=1S/C8H9Br3N2O/c9-4-1-3(5(13)2-12)8(14)7(11)6(4)10/h1,5,14H,2,12-13H2. The van der Waals surface area contributed by atoms with Crippen molar-refractivity contribution in [3.8, 4) is 5.75 Å². The summed E-state index contributed by atoms with van der Waals surface area (Å²) in [6, 6.07) is 1.39. The molecule has 5 N–H and O–H groups in total. The van der Waals surface area contributed by atoms with Crippen LogP contribution in [0.2, 0.25) is 0 Å². The average molecular weight is 389 g/mol. The van der Waals surface area contributed by atoms with Gasteiger partial charge >= 0.3 is 0 Å². The molecule has 3 nitrogen and oxygen atoms in total. The van der Waals surface area contributed by atoms with Crippen LogP contribution in [0.25, 0.3) is 0 Å². The summed E-state index contributed by atoms with van der Waals surface area (Å²) in [5.74, 6) is 0.123. The first kappa shape index (κ1) is 12.4. The van der Waals surface area contributed by atoms with E-state index in [0.717, 1.165) is 8.95 Å². The number of phenolic OH excluding ortho intramolecular Hbond substituents is 1. The van der Waals surface area contributed by atoms with Gasteiger partial charge in [-0.2, -0.15) is 0 Å². The van der Waals surface area contributed by atoms with Crippen LogP contribution in [0.1, 0.15) is 11.6 Å². The van der Waals surface area contributed by atoms with Crippen LogP contribution in [-0.4, -0.2) is 11.7 Å². The minimum Gasteiger partial charge on any atom is -0.506 e. The molecular weight excluding hydrogens is 380 g/mol. The van der Waals surface area contributed by atoms with Crippen molar-refractivity contribution in [1.29, 1.82) is 0 Å². The van der Waals surface area contributed by atoms with Crippen molar-refractivity contribution in [2.45, 2.75) is 6.04 Å². The van der Waals surface area contributed by atoms with Crippen LogP contribution in [0, 0.1) is 0 Å². The van der Waals surface area contributed by atoms with Crippen molar-refractivity contribution in [2.24, 2.45) is 11.5 Å². The van der Waals surface area contributed by atoms with Crippen LogP contribution in [0.4, 0.5) is 0 Å². The maximum Gasteiger partial charge on any atom is 0.135 e. The van der Waals surface area contributed by atoms with Gasteiger partial charge in [0.05, 0.1) is 4.47 Å². The Morgan fingerprint density at radius 2 is 1.86 bits per heavy atom. The van der Waals surface area contributed by atoms with Gasteiger partial charge in [-0.3, -0.25) is 0 Å². The van der Waals surface area contributed by atoms with E-state index in [0.29, 0.717) is 10.0 Å². The van der Waals surface area contributed by atoms with E-state index < -0.39 is 0 Å². The second-order valence-electron chi connectivity index (χ2n) is 2.77. The van der Waals surface area contributed by atoms with Crippen LogP contribution >= 0.6 is 47.8 Å². The van der Waals surface area contributed by atoms with Crippen molar-refractivity contribution in [2.75, 3.05) is 6.54 Å². The molecule has 0 saturated heterocycles. The summed E-state index contributed by atoms with van der Waals surface area (Å²) < 4.78 is 2.15. The molecule has 0 aliphatic heterocycles. The third kappa shape index (κ3) is 2.30. The maximum absolute atomic E-state index is 9.77. The summed E-state index contributed by atoms with van der Waals surface area (Å²) in [7, 11) is 0. The van der Waals surface area contributed by atoms with Crippen LogP contribution < -0.4 is 11.5 Å². The van der Waals surface area contributed by atoms with E-state index in [1.165, 1.54) is 0 Å². The molecule has 0 fully saturated rings. The van der Waals surface area contributed by atoms with Crippen LogP contribution in [0.5, 0.6) is 5.75 Å². The molecule has 0 heterocycles. The Hall–Kier alpha value is 0.380. The number of hydrogen-bond donors (Lipinski definition) is 3. The highest BCUT2D eigenvalue weighted by molar-refractivity contribution is 9.14. The average Bonchev–Trinajstić information content (AvgIpc) is 2.19. The third-order valence-corrected chi connectivity index (χ3v) is 5.10. The van der Waals surface area contributed by atoms with Gasteiger partial charge in [0.1, 0.15) is 5.75 Å². The smallest absolute Gasteiger partial charge is 0.135 e. The predicted octanol–water partition coefficient (Wildman–Crippen LogP) is 2.64. The van der Waals surface area contributed by atoms with Crippen LogP contribution in [-0.2, 0) is 0 Å². The Morgan fingerprint density at radius 3 is 2.36 bits per heavy atom. The van der Waals surface area contributed by atoms with E-state index in [9.17, 15) is 5.11 Å².